The predicted octanol–water partition coefficient (Wildman–Crippen LogP) is 2.45. The van der Waals surface area contributed by atoms with Gasteiger partial charge in [0, 0.05) is 4.47 Å². The van der Waals surface area contributed by atoms with Crippen LogP contribution in [0.4, 0.5) is 19.0 Å². The number of hydrogen-bond acceptors (Lipinski definition) is 2. The molecule has 0 atom stereocenters. The van der Waals surface area contributed by atoms with Crippen LogP contribution in [0.2, 0.25) is 0 Å². The summed E-state index contributed by atoms with van der Waals surface area (Å²) in [4.78, 5) is 3.13. The summed E-state index contributed by atoms with van der Waals surface area (Å²) in [5.41, 5.74) is 4.12. The largest absolute Gasteiger partial charge is 0.433 e. The van der Waals surface area contributed by atoms with Crippen LogP contribution in [-0.4, -0.2) is 4.98 Å². The summed E-state index contributed by atoms with van der Waals surface area (Å²) >= 11 is 2.89. The van der Waals surface area contributed by atoms with Crippen LogP contribution in [-0.2, 0) is 6.18 Å². The lowest BCUT2D eigenvalue weighted by Crippen LogP contribution is -2.09. The summed E-state index contributed by atoms with van der Waals surface area (Å²) < 4.78 is 36.3. The molecule has 0 spiro atoms. The smallest absolute Gasteiger partial charge is 0.384 e. The van der Waals surface area contributed by atoms with Crippen LogP contribution in [0, 0.1) is 0 Å². The molecule has 0 aromatic carbocycles. The monoisotopic (exact) mass is 240 g/mol. The maximum absolute atomic E-state index is 12.0. The number of nitrogen functional groups attached to an aromatic ring is 1. The van der Waals surface area contributed by atoms with Gasteiger partial charge in [0.2, 0.25) is 0 Å². The van der Waals surface area contributed by atoms with E-state index in [0.29, 0.717) is 0 Å². The molecule has 0 aliphatic carbocycles. The number of aromatic nitrogens is 1. The van der Waals surface area contributed by atoms with Crippen molar-refractivity contribution in [1.29, 1.82) is 0 Å². The van der Waals surface area contributed by atoms with Gasteiger partial charge in [0.15, 0.2) is 0 Å². The minimum atomic E-state index is -4.45. The van der Waals surface area contributed by atoms with Gasteiger partial charge in [-0.05, 0) is 12.1 Å². The Morgan fingerprint density at radius 2 is 1.92 bits per heavy atom. The van der Waals surface area contributed by atoms with Crippen LogP contribution in [0.15, 0.2) is 16.6 Å². The Labute approximate surface area is 74.7 Å². The van der Waals surface area contributed by atoms with Gasteiger partial charge in [-0.3, -0.25) is 0 Å². The van der Waals surface area contributed by atoms with Gasteiger partial charge in [-0.1, -0.05) is 15.9 Å². The molecule has 2 nitrogen and oxygen atoms in total. The first-order valence-electron chi connectivity index (χ1n) is 2.90. The van der Waals surface area contributed by atoms with E-state index in [1.165, 1.54) is 6.07 Å². The summed E-state index contributed by atoms with van der Waals surface area (Å²) in [6.07, 6.45) is -4.45. The molecular formula is C6H4BrF3N2. The van der Waals surface area contributed by atoms with Gasteiger partial charge in [-0.15, -0.1) is 0 Å². The highest BCUT2D eigenvalue weighted by Crippen LogP contribution is 2.30. The summed E-state index contributed by atoms with van der Waals surface area (Å²) in [7, 11) is 0. The fourth-order valence-corrected chi connectivity index (χ4v) is 1.11. The van der Waals surface area contributed by atoms with Crippen LogP contribution >= 0.6 is 15.9 Å². The van der Waals surface area contributed by atoms with Crippen LogP contribution in [0.3, 0.4) is 0 Å². The van der Waals surface area contributed by atoms with Gasteiger partial charge in [-0.2, -0.15) is 13.2 Å². The number of nitrogens with zero attached hydrogens (tertiary/aromatic N) is 1. The molecular weight excluding hydrogens is 237 g/mol. The van der Waals surface area contributed by atoms with Crippen LogP contribution < -0.4 is 5.73 Å². The Bertz CT molecular complexity index is 277. The topological polar surface area (TPSA) is 38.9 Å². The zero-order valence-corrected chi connectivity index (χ0v) is 7.28. The standard InChI is InChI=1S/C6H4BrF3N2/c7-3-1-4(6(8,9)10)12-5(11)2-3/h1-2H,(H2,11,12). The molecule has 1 aromatic heterocycles. The highest BCUT2D eigenvalue weighted by Gasteiger charge is 2.32. The number of halogens is 4. The molecule has 1 aromatic rings. The Balaban J connectivity index is 3.18. The number of alkyl halides is 3. The van der Waals surface area contributed by atoms with Gasteiger partial charge in [-0.25, -0.2) is 4.98 Å². The summed E-state index contributed by atoms with van der Waals surface area (Å²) in [6, 6.07) is 2.17. The molecule has 0 saturated carbocycles. The van der Waals surface area contributed by atoms with Gasteiger partial charge >= 0.3 is 6.18 Å². The van der Waals surface area contributed by atoms with Crippen molar-refractivity contribution < 1.29 is 13.2 Å². The molecule has 6 heteroatoms. The number of hydrogen-bond donors (Lipinski definition) is 1. The Kier molecular flexibility index (Phi) is 2.27. The molecule has 0 amide bonds. The molecule has 0 aliphatic rings. The predicted molar refractivity (Wildman–Crippen MR) is 41.4 cm³/mol. The number of nitrogens with two attached hydrogens (primary N) is 1. The third-order valence-electron chi connectivity index (χ3n) is 1.10. The van der Waals surface area contributed by atoms with Crippen molar-refractivity contribution in [3.8, 4) is 0 Å². The summed E-state index contributed by atoms with van der Waals surface area (Å²) in [5.74, 6) is -0.156. The third kappa shape index (κ3) is 2.10. The van der Waals surface area contributed by atoms with E-state index in [2.05, 4.69) is 20.9 Å². The molecule has 1 rings (SSSR count). The average Bonchev–Trinajstić information content (AvgIpc) is 1.82. The van der Waals surface area contributed by atoms with E-state index in [0.717, 1.165) is 6.07 Å². The van der Waals surface area contributed by atoms with Crippen LogP contribution in [0.25, 0.3) is 0 Å². The highest BCUT2D eigenvalue weighted by molar-refractivity contribution is 9.10. The third-order valence-corrected chi connectivity index (χ3v) is 1.56. The van der Waals surface area contributed by atoms with Crippen molar-refractivity contribution in [2.24, 2.45) is 0 Å². The lowest BCUT2D eigenvalue weighted by molar-refractivity contribution is -0.141. The molecule has 0 bridgehead atoms. The molecule has 12 heavy (non-hydrogen) atoms. The van der Waals surface area contributed by atoms with Crippen molar-refractivity contribution in [2.45, 2.75) is 6.18 Å². The van der Waals surface area contributed by atoms with Crippen molar-refractivity contribution >= 4 is 21.7 Å². The van der Waals surface area contributed by atoms with E-state index < -0.39 is 11.9 Å². The lowest BCUT2D eigenvalue weighted by atomic mass is 10.3. The zero-order valence-electron chi connectivity index (χ0n) is 5.69. The number of pyridine rings is 1. The first-order valence-corrected chi connectivity index (χ1v) is 3.69. The van der Waals surface area contributed by atoms with E-state index in [1.54, 1.807) is 0 Å². The molecule has 0 radical (unpaired) electrons. The maximum atomic E-state index is 12.0. The molecule has 0 fully saturated rings. The Hall–Kier alpha value is -0.780. The Morgan fingerprint density at radius 3 is 2.33 bits per heavy atom. The van der Waals surface area contributed by atoms with Crippen molar-refractivity contribution in [2.75, 3.05) is 5.73 Å². The minimum Gasteiger partial charge on any atom is -0.384 e. The van der Waals surface area contributed by atoms with Gasteiger partial charge in [0.1, 0.15) is 11.5 Å². The van der Waals surface area contributed by atoms with E-state index in [4.69, 9.17) is 5.73 Å². The number of anilines is 1. The molecule has 0 saturated heterocycles. The summed E-state index contributed by atoms with van der Waals surface area (Å²) in [5, 5.41) is 0. The van der Waals surface area contributed by atoms with E-state index in [-0.39, 0.29) is 10.3 Å². The molecule has 0 unspecified atom stereocenters. The van der Waals surface area contributed by atoms with E-state index in [9.17, 15) is 13.2 Å². The van der Waals surface area contributed by atoms with Crippen molar-refractivity contribution in [3.05, 3.63) is 22.3 Å². The first-order chi connectivity index (χ1) is 5.39. The maximum Gasteiger partial charge on any atom is 0.433 e. The van der Waals surface area contributed by atoms with Crippen molar-refractivity contribution in [1.82, 2.24) is 4.98 Å². The molecule has 66 valence electrons. The second kappa shape index (κ2) is 2.93. The van der Waals surface area contributed by atoms with Gasteiger partial charge < -0.3 is 5.73 Å². The van der Waals surface area contributed by atoms with E-state index >= 15 is 0 Å². The quantitative estimate of drug-likeness (QED) is 0.757. The summed E-state index contributed by atoms with van der Waals surface area (Å²) in [6.45, 7) is 0. The van der Waals surface area contributed by atoms with Crippen molar-refractivity contribution in [3.63, 3.8) is 0 Å². The molecule has 2 N–H and O–H groups in total. The minimum absolute atomic E-state index is 0.156. The lowest BCUT2D eigenvalue weighted by Gasteiger charge is -2.06. The van der Waals surface area contributed by atoms with E-state index in [1.807, 2.05) is 0 Å². The van der Waals surface area contributed by atoms with Crippen LogP contribution in [0.5, 0.6) is 0 Å². The SMILES string of the molecule is Nc1cc(Br)cc(C(F)(F)F)n1. The fourth-order valence-electron chi connectivity index (χ4n) is 0.662. The normalized spacial score (nSPS) is 11.7. The molecule has 1 heterocycles. The average molecular weight is 241 g/mol. The molecule has 0 aliphatic heterocycles. The first kappa shape index (κ1) is 9.31. The fraction of sp³-hybridized carbons (Fsp3) is 0.167. The van der Waals surface area contributed by atoms with Gasteiger partial charge in [0.25, 0.3) is 0 Å². The van der Waals surface area contributed by atoms with Crippen LogP contribution in [0.1, 0.15) is 5.69 Å². The number of rotatable bonds is 0. The second-order valence-corrected chi connectivity index (χ2v) is 3.01. The second-order valence-electron chi connectivity index (χ2n) is 2.09. The van der Waals surface area contributed by atoms with Gasteiger partial charge in [0.05, 0.1) is 0 Å². The highest BCUT2D eigenvalue weighted by atomic mass is 79.9. The Morgan fingerprint density at radius 1 is 1.33 bits per heavy atom. The zero-order chi connectivity index (χ0) is 9.35.